The van der Waals surface area contributed by atoms with Gasteiger partial charge < -0.3 is 20.1 Å². The molecule has 0 aliphatic carbocycles. The maximum absolute atomic E-state index is 12.4. The van der Waals surface area contributed by atoms with Crippen molar-refractivity contribution in [2.24, 2.45) is 0 Å². The van der Waals surface area contributed by atoms with Gasteiger partial charge in [0.25, 0.3) is 5.91 Å². The predicted molar refractivity (Wildman–Crippen MR) is 77.3 cm³/mol. The fourth-order valence-corrected chi connectivity index (χ4v) is 3.12. The molecule has 1 fully saturated rings. The maximum atomic E-state index is 12.4. The van der Waals surface area contributed by atoms with Crippen LogP contribution in [0.15, 0.2) is 12.1 Å². The van der Waals surface area contributed by atoms with Crippen molar-refractivity contribution in [3.8, 4) is 5.75 Å². The van der Waals surface area contributed by atoms with Crippen molar-refractivity contribution in [2.75, 3.05) is 39.1 Å². The van der Waals surface area contributed by atoms with E-state index in [0.29, 0.717) is 48.3 Å². The number of nitrogens with two attached hydrogens (primary N) is 1. The minimum atomic E-state index is -0.0622. The molecule has 7 heteroatoms. The summed E-state index contributed by atoms with van der Waals surface area (Å²) in [7, 11) is 1.56. The fraction of sp³-hybridized carbons (Fsp3) is 0.385. The van der Waals surface area contributed by atoms with Gasteiger partial charge in [0, 0.05) is 13.1 Å². The third kappa shape index (κ3) is 2.19. The quantitative estimate of drug-likeness (QED) is 0.846. The van der Waals surface area contributed by atoms with Crippen molar-refractivity contribution in [2.45, 2.75) is 0 Å². The number of fused-ring (bicyclic) bond motifs is 1. The zero-order chi connectivity index (χ0) is 14.1. The van der Waals surface area contributed by atoms with Crippen LogP contribution in [0.2, 0.25) is 0 Å². The van der Waals surface area contributed by atoms with Crippen molar-refractivity contribution in [3.63, 3.8) is 0 Å². The smallest absolute Gasteiger partial charge is 0.283 e. The van der Waals surface area contributed by atoms with E-state index in [1.54, 1.807) is 18.1 Å². The molecule has 1 saturated heterocycles. The lowest BCUT2D eigenvalue weighted by molar-refractivity contribution is 0.0303. The van der Waals surface area contributed by atoms with Gasteiger partial charge in [-0.1, -0.05) is 0 Å². The average molecular weight is 293 g/mol. The monoisotopic (exact) mass is 293 g/mol. The van der Waals surface area contributed by atoms with Crippen molar-refractivity contribution in [3.05, 3.63) is 17.1 Å². The summed E-state index contributed by atoms with van der Waals surface area (Å²) < 4.78 is 11.3. The topological polar surface area (TPSA) is 77.7 Å². The van der Waals surface area contributed by atoms with E-state index in [1.165, 1.54) is 11.3 Å². The van der Waals surface area contributed by atoms with E-state index in [9.17, 15) is 4.79 Å². The largest absolute Gasteiger partial charge is 0.495 e. The van der Waals surface area contributed by atoms with Crippen LogP contribution in [0, 0.1) is 0 Å². The molecule has 106 valence electrons. The molecule has 1 aliphatic rings. The van der Waals surface area contributed by atoms with Gasteiger partial charge in [0.05, 0.1) is 25.0 Å². The first-order chi connectivity index (χ1) is 9.70. The Morgan fingerprint density at radius 3 is 2.90 bits per heavy atom. The molecule has 0 bridgehead atoms. The van der Waals surface area contributed by atoms with Gasteiger partial charge in [0.15, 0.2) is 5.01 Å². The predicted octanol–water partition coefficient (Wildman–Crippen LogP) is 1.36. The molecule has 0 spiro atoms. The van der Waals surface area contributed by atoms with E-state index in [2.05, 4.69) is 4.98 Å². The van der Waals surface area contributed by atoms with Crippen molar-refractivity contribution in [1.29, 1.82) is 0 Å². The maximum Gasteiger partial charge on any atom is 0.283 e. The Labute approximate surface area is 120 Å². The van der Waals surface area contributed by atoms with Gasteiger partial charge in [-0.05, 0) is 12.1 Å². The van der Waals surface area contributed by atoms with Gasteiger partial charge in [-0.2, -0.15) is 0 Å². The van der Waals surface area contributed by atoms with Crippen LogP contribution in [0.3, 0.4) is 0 Å². The molecule has 0 atom stereocenters. The fourth-order valence-electron chi connectivity index (χ4n) is 2.17. The minimum absolute atomic E-state index is 0.0622. The molecule has 1 amide bonds. The summed E-state index contributed by atoms with van der Waals surface area (Å²) in [6.45, 7) is 2.36. The average Bonchev–Trinajstić information content (AvgIpc) is 2.93. The van der Waals surface area contributed by atoms with Gasteiger partial charge in [-0.15, -0.1) is 11.3 Å². The molecule has 2 N–H and O–H groups in total. The third-order valence-electron chi connectivity index (χ3n) is 3.26. The first kappa shape index (κ1) is 13.1. The number of amides is 1. The van der Waals surface area contributed by atoms with Gasteiger partial charge in [0.2, 0.25) is 0 Å². The van der Waals surface area contributed by atoms with Crippen molar-refractivity contribution >= 4 is 33.1 Å². The number of methoxy groups -OCH3 is 1. The first-order valence-electron chi connectivity index (χ1n) is 6.30. The summed E-state index contributed by atoms with van der Waals surface area (Å²) in [4.78, 5) is 18.5. The van der Waals surface area contributed by atoms with E-state index in [4.69, 9.17) is 15.2 Å². The Bertz CT molecular complexity index is 650. The molecule has 6 nitrogen and oxygen atoms in total. The first-order valence-corrected chi connectivity index (χ1v) is 7.12. The molecule has 20 heavy (non-hydrogen) atoms. The van der Waals surface area contributed by atoms with Crippen LogP contribution in [-0.4, -0.2) is 49.2 Å². The molecule has 1 aliphatic heterocycles. The number of aromatic nitrogens is 1. The van der Waals surface area contributed by atoms with Crippen LogP contribution < -0.4 is 10.5 Å². The summed E-state index contributed by atoms with van der Waals surface area (Å²) in [5, 5.41) is 0.460. The molecule has 1 aromatic carbocycles. The standard InChI is InChI=1S/C13H15N3O3S/c1-18-8-2-3-9-11(10(8)14)15-12(20-9)13(17)16-4-6-19-7-5-16/h2-3H,4-7,14H2,1H3. The number of carbonyl (C=O) groups excluding carboxylic acids is 1. The van der Waals surface area contributed by atoms with Gasteiger partial charge in [-0.25, -0.2) is 4.98 Å². The van der Waals surface area contributed by atoms with Gasteiger partial charge in [-0.3, -0.25) is 4.79 Å². The zero-order valence-electron chi connectivity index (χ0n) is 11.1. The van der Waals surface area contributed by atoms with Crippen LogP contribution in [0.25, 0.3) is 10.2 Å². The normalized spacial score (nSPS) is 15.6. The number of nitrogen functional groups attached to an aromatic ring is 1. The molecule has 0 unspecified atom stereocenters. The van der Waals surface area contributed by atoms with Crippen LogP contribution in [0.5, 0.6) is 5.75 Å². The molecule has 3 rings (SSSR count). The summed E-state index contributed by atoms with van der Waals surface area (Å²) in [6, 6.07) is 3.66. The Balaban J connectivity index is 1.96. The van der Waals surface area contributed by atoms with E-state index >= 15 is 0 Å². The Morgan fingerprint density at radius 2 is 2.20 bits per heavy atom. The lowest BCUT2D eigenvalue weighted by Gasteiger charge is -2.25. The van der Waals surface area contributed by atoms with Crippen molar-refractivity contribution < 1.29 is 14.3 Å². The Kier molecular flexibility index (Phi) is 3.45. The molecular formula is C13H15N3O3S. The summed E-state index contributed by atoms with van der Waals surface area (Å²) in [6.07, 6.45) is 0. The van der Waals surface area contributed by atoms with Crippen LogP contribution in [0.4, 0.5) is 5.69 Å². The molecule has 2 aromatic rings. The van der Waals surface area contributed by atoms with Crippen molar-refractivity contribution in [1.82, 2.24) is 9.88 Å². The highest BCUT2D eigenvalue weighted by Gasteiger charge is 2.22. The van der Waals surface area contributed by atoms with E-state index in [0.717, 1.165) is 4.70 Å². The minimum Gasteiger partial charge on any atom is -0.495 e. The van der Waals surface area contributed by atoms with Gasteiger partial charge in [0.1, 0.15) is 17.0 Å². The van der Waals surface area contributed by atoms with Gasteiger partial charge >= 0.3 is 0 Å². The number of nitrogens with zero attached hydrogens (tertiary/aromatic N) is 2. The highest BCUT2D eigenvalue weighted by molar-refractivity contribution is 7.20. The summed E-state index contributed by atoms with van der Waals surface area (Å²) in [5.74, 6) is 0.515. The van der Waals surface area contributed by atoms with E-state index < -0.39 is 0 Å². The SMILES string of the molecule is COc1ccc2sc(C(=O)N3CCOCC3)nc2c1N. The number of hydrogen-bond donors (Lipinski definition) is 1. The molecule has 1 aromatic heterocycles. The second-order valence-electron chi connectivity index (χ2n) is 4.45. The number of ether oxygens (including phenoxy) is 2. The second kappa shape index (κ2) is 5.26. The summed E-state index contributed by atoms with van der Waals surface area (Å²) >= 11 is 1.35. The molecule has 0 saturated carbocycles. The summed E-state index contributed by atoms with van der Waals surface area (Å²) in [5.41, 5.74) is 7.10. The number of carbonyl (C=O) groups is 1. The number of rotatable bonds is 2. The van der Waals surface area contributed by atoms with E-state index in [-0.39, 0.29) is 5.91 Å². The molecule has 2 heterocycles. The zero-order valence-corrected chi connectivity index (χ0v) is 11.9. The molecular weight excluding hydrogens is 278 g/mol. The lowest BCUT2D eigenvalue weighted by atomic mass is 10.2. The Hall–Kier alpha value is -1.86. The number of morpholine rings is 1. The number of hydrogen-bond acceptors (Lipinski definition) is 6. The van der Waals surface area contributed by atoms with Crippen LogP contribution in [-0.2, 0) is 4.74 Å². The van der Waals surface area contributed by atoms with Crippen LogP contribution >= 0.6 is 11.3 Å². The number of benzene rings is 1. The van der Waals surface area contributed by atoms with E-state index in [1.807, 2.05) is 6.07 Å². The Morgan fingerprint density at radius 1 is 1.45 bits per heavy atom. The number of thiazole rings is 1. The third-order valence-corrected chi connectivity index (χ3v) is 4.27. The van der Waals surface area contributed by atoms with Crippen LogP contribution in [0.1, 0.15) is 9.80 Å². The highest BCUT2D eigenvalue weighted by Crippen LogP contribution is 2.33. The molecule has 0 radical (unpaired) electrons. The highest BCUT2D eigenvalue weighted by atomic mass is 32.1. The number of anilines is 1. The second-order valence-corrected chi connectivity index (χ2v) is 5.48. The lowest BCUT2D eigenvalue weighted by Crippen LogP contribution is -2.40.